The van der Waals surface area contributed by atoms with Crippen LogP contribution in [0.1, 0.15) is 45.3 Å². The quantitative estimate of drug-likeness (QED) is 0.668. The molecule has 0 saturated heterocycles. The minimum absolute atomic E-state index is 0.150. The van der Waals surface area contributed by atoms with Crippen LogP contribution in [-0.4, -0.2) is 29.1 Å². The highest BCUT2D eigenvalue weighted by atomic mass is 16.3. The van der Waals surface area contributed by atoms with Crippen LogP contribution in [0.15, 0.2) is 22.6 Å². The van der Waals surface area contributed by atoms with E-state index < -0.39 is 0 Å². The smallest absolute Gasteiger partial charge is 0.269 e. The topological polar surface area (TPSA) is 100 Å². The number of nitrogens with one attached hydrogen (secondary N) is 3. The van der Waals surface area contributed by atoms with Crippen molar-refractivity contribution in [2.75, 3.05) is 12.4 Å². The zero-order chi connectivity index (χ0) is 17.7. The lowest BCUT2D eigenvalue weighted by atomic mass is 9.87. The fourth-order valence-corrected chi connectivity index (χ4v) is 3.46. The van der Waals surface area contributed by atoms with Gasteiger partial charge in [-0.05, 0) is 31.5 Å². The number of carbonyl (C=O) groups is 2. The number of aromatic amines is 1. The second-order valence-corrected chi connectivity index (χ2v) is 6.34. The number of aryl methyl sites for hydroxylation is 2. The number of furan rings is 1. The molecular weight excluding hydrogens is 320 g/mol. The molecule has 1 aromatic carbocycles. The first-order valence-electron chi connectivity index (χ1n) is 8.09. The van der Waals surface area contributed by atoms with Crippen molar-refractivity contribution in [2.24, 2.45) is 0 Å². The zero-order valence-electron chi connectivity index (χ0n) is 14.2. The lowest BCUT2D eigenvalue weighted by Gasteiger charge is -2.21. The van der Waals surface area contributed by atoms with E-state index in [4.69, 9.17) is 4.42 Å². The number of fused-ring (bicyclic) bond motifs is 2. The van der Waals surface area contributed by atoms with Gasteiger partial charge in [0, 0.05) is 24.4 Å². The summed E-state index contributed by atoms with van der Waals surface area (Å²) in [6.45, 7) is 4.00. The summed E-state index contributed by atoms with van der Waals surface area (Å²) in [6, 6.07) is 5.98. The molecule has 0 fully saturated rings. The van der Waals surface area contributed by atoms with Gasteiger partial charge in [-0.3, -0.25) is 14.7 Å². The molecule has 1 aliphatic heterocycles. The van der Waals surface area contributed by atoms with Gasteiger partial charge in [-0.15, -0.1) is 0 Å². The van der Waals surface area contributed by atoms with Gasteiger partial charge in [0.1, 0.15) is 17.0 Å². The predicted molar refractivity (Wildman–Crippen MR) is 92.8 cm³/mol. The molecule has 3 aromatic rings. The van der Waals surface area contributed by atoms with Crippen LogP contribution in [0.4, 0.5) is 5.82 Å². The van der Waals surface area contributed by atoms with E-state index in [1.165, 1.54) is 0 Å². The second kappa shape index (κ2) is 5.47. The number of hydrogen-bond acceptors (Lipinski definition) is 4. The van der Waals surface area contributed by atoms with E-state index in [-0.39, 0.29) is 24.2 Å². The van der Waals surface area contributed by atoms with Crippen molar-refractivity contribution >= 4 is 28.6 Å². The molecule has 4 rings (SSSR count). The van der Waals surface area contributed by atoms with Crippen molar-refractivity contribution in [2.45, 2.75) is 26.2 Å². The molecule has 0 saturated carbocycles. The third-order valence-electron chi connectivity index (χ3n) is 4.70. The van der Waals surface area contributed by atoms with Gasteiger partial charge < -0.3 is 15.1 Å². The Morgan fingerprint density at radius 1 is 1.36 bits per heavy atom. The number of H-pyrrole nitrogens is 1. The second-order valence-electron chi connectivity index (χ2n) is 6.34. The van der Waals surface area contributed by atoms with E-state index in [1.54, 1.807) is 7.05 Å². The summed E-state index contributed by atoms with van der Waals surface area (Å²) in [7, 11) is 1.56. The Hall–Kier alpha value is -3.09. The van der Waals surface area contributed by atoms with Crippen molar-refractivity contribution < 1.29 is 14.0 Å². The molecule has 2 aromatic heterocycles. The van der Waals surface area contributed by atoms with Crippen molar-refractivity contribution in [3.63, 3.8) is 0 Å². The first-order valence-corrected chi connectivity index (χ1v) is 8.09. The summed E-state index contributed by atoms with van der Waals surface area (Å²) in [5.41, 5.74) is 3.90. The van der Waals surface area contributed by atoms with Gasteiger partial charge in [0.15, 0.2) is 5.82 Å². The Labute approximate surface area is 143 Å². The van der Waals surface area contributed by atoms with E-state index in [0.29, 0.717) is 22.8 Å². The maximum Gasteiger partial charge on any atom is 0.269 e. The van der Waals surface area contributed by atoms with Crippen molar-refractivity contribution in [3.05, 3.63) is 46.3 Å². The molecule has 3 heterocycles. The lowest BCUT2D eigenvalue weighted by molar-refractivity contribution is -0.116. The minimum Gasteiger partial charge on any atom is -0.460 e. The van der Waals surface area contributed by atoms with E-state index in [0.717, 1.165) is 22.1 Å². The van der Waals surface area contributed by atoms with Crippen LogP contribution in [0.2, 0.25) is 0 Å². The van der Waals surface area contributed by atoms with Crippen molar-refractivity contribution in [1.29, 1.82) is 0 Å². The molecule has 25 heavy (non-hydrogen) atoms. The number of nitrogens with zero attached hydrogens (tertiary/aromatic N) is 1. The summed E-state index contributed by atoms with van der Waals surface area (Å²) < 4.78 is 6.08. The maximum absolute atomic E-state index is 12.2. The standard InChI is InChI=1S/C18H18N4O3/c1-8-4-5-12-10(6-8)9(2)16(25-12)11-7-13(23)20-17-14(11)15(21-22-17)18(24)19-3/h4-6,11H,7H2,1-3H3,(H,19,24)(H2,20,21,22,23). The number of hydrogen-bond donors (Lipinski definition) is 3. The average molecular weight is 338 g/mol. The molecule has 0 radical (unpaired) electrons. The Morgan fingerprint density at radius 3 is 2.92 bits per heavy atom. The highest BCUT2D eigenvalue weighted by Gasteiger charge is 2.36. The lowest BCUT2D eigenvalue weighted by Crippen LogP contribution is -2.26. The van der Waals surface area contributed by atoms with Crippen molar-refractivity contribution in [1.82, 2.24) is 15.5 Å². The average Bonchev–Trinajstić information content (AvgIpc) is 3.15. The number of aromatic nitrogens is 2. The number of rotatable bonds is 2. The van der Waals surface area contributed by atoms with Crippen molar-refractivity contribution in [3.8, 4) is 0 Å². The van der Waals surface area contributed by atoms with Gasteiger partial charge >= 0.3 is 0 Å². The molecule has 128 valence electrons. The third-order valence-corrected chi connectivity index (χ3v) is 4.70. The number of amides is 2. The molecule has 1 atom stereocenters. The largest absolute Gasteiger partial charge is 0.460 e. The number of anilines is 1. The normalized spacial score (nSPS) is 16.6. The Morgan fingerprint density at radius 2 is 2.16 bits per heavy atom. The fraction of sp³-hybridized carbons (Fsp3) is 0.278. The van der Waals surface area contributed by atoms with Gasteiger partial charge in [0.05, 0.1) is 5.92 Å². The first-order chi connectivity index (χ1) is 12.0. The summed E-state index contributed by atoms with van der Waals surface area (Å²) >= 11 is 0. The monoisotopic (exact) mass is 338 g/mol. The van der Waals surface area contributed by atoms with E-state index in [2.05, 4.69) is 26.9 Å². The van der Waals surface area contributed by atoms with Gasteiger partial charge in [0.25, 0.3) is 5.91 Å². The highest BCUT2D eigenvalue weighted by molar-refractivity contribution is 6.00. The highest BCUT2D eigenvalue weighted by Crippen LogP contribution is 2.42. The predicted octanol–water partition coefficient (Wildman–Crippen LogP) is 2.61. The minimum atomic E-state index is -0.359. The Bertz CT molecular complexity index is 1010. The van der Waals surface area contributed by atoms with Crippen LogP contribution in [0.3, 0.4) is 0 Å². The summed E-state index contributed by atoms with van der Waals surface area (Å²) in [5.74, 6) is 0.296. The van der Waals surface area contributed by atoms with Crippen LogP contribution in [0.25, 0.3) is 11.0 Å². The molecular formula is C18H18N4O3. The Balaban J connectivity index is 1.92. The Kier molecular flexibility index (Phi) is 3.38. The van der Waals surface area contributed by atoms with Crippen LogP contribution in [-0.2, 0) is 4.79 Å². The van der Waals surface area contributed by atoms with Crippen LogP contribution < -0.4 is 10.6 Å². The first kappa shape index (κ1) is 15.4. The van der Waals surface area contributed by atoms with Gasteiger partial charge in [0.2, 0.25) is 5.91 Å². The van der Waals surface area contributed by atoms with Crippen LogP contribution in [0.5, 0.6) is 0 Å². The molecule has 7 nitrogen and oxygen atoms in total. The molecule has 0 aliphatic carbocycles. The van der Waals surface area contributed by atoms with Gasteiger partial charge in [-0.2, -0.15) is 5.10 Å². The fourth-order valence-electron chi connectivity index (χ4n) is 3.46. The van der Waals surface area contributed by atoms with E-state index >= 15 is 0 Å². The summed E-state index contributed by atoms with van der Waals surface area (Å²) in [4.78, 5) is 24.3. The molecule has 3 N–H and O–H groups in total. The summed E-state index contributed by atoms with van der Waals surface area (Å²) in [5, 5.41) is 13.2. The van der Waals surface area contributed by atoms with Crippen LogP contribution >= 0.6 is 0 Å². The van der Waals surface area contributed by atoms with E-state index in [9.17, 15) is 9.59 Å². The molecule has 2 amide bonds. The summed E-state index contributed by atoms with van der Waals surface area (Å²) in [6.07, 6.45) is 0.205. The van der Waals surface area contributed by atoms with Gasteiger partial charge in [-0.25, -0.2) is 0 Å². The third kappa shape index (κ3) is 2.31. The molecule has 0 bridgehead atoms. The maximum atomic E-state index is 12.2. The number of carbonyl (C=O) groups excluding carboxylic acids is 2. The molecule has 1 unspecified atom stereocenters. The zero-order valence-corrected chi connectivity index (χ0v) is 14.2. The molecule has 0 spiro atoms. The van der Waals surface area contributed by atoms with E-state index in [1.807, 2.05) is 26.0 Å². The van der Waals surface area contributed by atoms with Crippen LogP contribution in [0, 0.1) is 13.8 Å². The SMILES string of the molecule is CNC(=O)c1[nH]nc2c1C(c1oc3ccc(C)cc3c1C)CC(=O)N2. The molecule has 7 heteroatoms. The molecule has 1 aliphatic rings. The number of benzene rings is 1. The van der Waals surface area contributed by atoms with Gasteiger partial charge in [-0.1, -0.05) is 11.6 Å².